The van der Waals surface area contributed by atoms with E-state index < -0.39 is 0 Å². The Morgan fingerprint density at radius 3 is 2.89 bits per heavy atom. The van der Waals surface area contributed by atoms with Crippen LogP contribution in [-0.4, -0.2) is 9.78 Å². The number of hydrogen-bond acceptors (Lipinski definition) is 3. The molecule has 0 spiro atoms. The topological polar surface area (TPSA) is 55.9 Å². The second kappa shape index (κ2) is 6.53. The van der Waals surface area contributed by atoms with Gasteiger partial charge in [0, 0.05) is 6.54 Å². The van der Waals surface area contributed by atoms with Gasteiger partial charge in [-0.05, 0) is 44.6 Å². The summed E-state index contributed by atoms with van der Waals surface area (Å²) in [4.78, 5) is 0. The maximum absolute atomic E-state index is 5.86. The van der Waals surface area contributed by atoms with Gasteiger partial charge in [0.25, 0.3) is 0 Å². The lowest BCUT2D eigenvalue weighted by Crippen LogP contribution is -2.37. The predicted octanol–water partition coefficient (Wildman–Crippen LogP) is 2.93. The van der Waals surface area contributed by atoms with Crippen LogP contribution < -0.4 is 11.3 Å². The molecule has 1 aromatic heterocycles. The fourth-order valence-electron chi connectivity index (χ4n) is 3.54. The van der Waals surface area contributed by atoms with Gasteiger partial charge in [-0.25, -0.2) is 0 Å². The van der Waals surface area contributed by atoms with Crippen LogP contribution >= 0.6 is 0 Å². The molecular weight excluding hydrogens is 236 g/mol. The SMILES string of the molecule is CCC1CCCC(C(NN)c2cc(C)nn2CC)C1. The molecule has 1 saturated carbocycles. The lowest BCUT2D eigenvalue weighted by molar-refractivity contribution is 0.204. The number of nitrogens with one attached hydrogen (secondary N) is 1. The van der Waals surface area contributed by atoms with Crippen molar-refractivity contribution < 1.29 is 0 Å². The van der Waals surface area contributed by atoms with Crippen molar-refractivity contribution in [2.24, 2.45) is 17.7 Å². The Bertz CT molecular complexity index is 399. The van der Waals surface area contributed by atoms with E-state index in [1.165, 1.54) is 37.8 Å². The zero-order chi connectivity index (χ0) is 13.8. The first-order chi connectivity index (χ1) is 9.19. The van der Waals surface area contributed by atoms with Crippen molar-refractivity contribution >= 4 is 0 Å². The minimum atomic E-state index is 0.246. The molecule has 1 aliphatic carbocycles. The lowest BCUT2D eigenvalue weighted by atomic mass is 9.76. The molecule has 3 unspecified atom stereocenters. The first-order valence-corrected chi connectivity index (χ1v) is 7.70. The minimum Gasteiger partial charge on any atom is -0.271 e. The highest BCUT2D eigenvalue weighted by Gasteiger charge is 2.30. The van der Waals surface area contributed by atoms with Crippen LogP contribution in [0.15, 0.2) is 6.07 Å². The average molecular weight is 264 g/mol. The number of nitrogens with zero attached hydrogens (tertiary/aromatic N) is 2. The highest BCUT2D eigenvalue weighted by Crippen LogP contribution is 2.38. The van der Waals surface area contributed by atoms with Crippen molar-refractivity contribution in [1.82, 2.24) is 15.2 Å². The van der Waals surface area contributed by atoms with E-state index in [2.05, 4.69) is 42.0 Å². The van der Waals surface area contributed by atoms with Gasteiger partial charge in [0.1, 0.15) is 0 Å². The predicted molar refractivity (Wildman–Crippen MR) is 78.4 cm³/mol. The number of nitrogens with two attached hydrogens (primary N) is 1. The first-order valence-electron chi connectivity index (χ1n) is 7.70. The van der Waals surface area contributed by atoms with Crippen LogP contribution in [0.1, 0.15) is 63.4 Å². The second-order valence-corrected chi connectivity index (χ2v) is 5.87. The molecular formula is C15H28N4. The molecule has 0 aromatic carbocycles. The van der Waals surface area contributed by atoms with Gasteiger partial charge in [-0.3, -0.25) is 16.0 Å². The molecule has 3 atom stereocenters. The standard InChI is InChI=1S/C15H28N4/c1-4-12-7-6-8-13(10-12)15(17-16)14-9-11(3)18-19(14)5-2/h9,12-13,15,17H,4-8,10,16H2,1-3H3. The summed E-state index contributed by atoms with van der Waals surface area (Å²) in [5.74, 6) is 7.38. The molecule has 2 rings (SSSR count). The monoisotopic (exact) mass is 264 g/mol. The van der Waals surface area contributed by atoms with E-state index in [1.807, 2.05) is 0 Å². The third kappa shape index (κ3) is 3.18. The molecule has 0 bridgehead atoms. The highest BCUT2D eigenvalue weighted by molar-refractivity contribution is 5.14. The Hall–Kier alpha value is -0.870. The van der Waals surface area contributed by atoms with E-state index in [0.29, 0.717) is 5.92 Å². The third-order valence-electron chi connectivity index (χ3n) is 4.60. The van der Waals surface area contributed by atoms with Crippen LogP contribution in [0.25, 0.3) is 0 Å². The second-order valence-electron chi connectivity index (χ2n) is 5.87. The maximum atomic E-state index is 5.86. The van der Waals surface area contributed by atoms with Gasteiger partial charge in [-0.2, -0.15) is 5.10 Å². The number of hydrazine groups is 1. The summed E-state index contributed by atoms with van der Waals surface area (Å²) >= 11 is 0. The summed E-state index contributed by atoms with van der Waals surface area (Å²) in [6.07, 6.45) is 6.58. The van der Waals surface area contributed by atoms with Gasteiger partial charge >= 0.3 is 0 Å². The minimum absolute atomic E-state index is 0.246. The van der Waals surface area contributed by atoms with Crippen LogP contribution in [0.3, 0.4) is 0 Å². The molecule has 1 heterocycles. The first kappa shape index (κ1) is 14.5. The molecule has 19 heavy (non-hydrogen) atoms. The summed E-state index contributed by atoms with van der Waals surface area (Å²) in [6, 6.07) is 2.43. The maximum Gasteiger partial charge on any atom is 0.0657 e. The van der Waals surface area contributed by atoms with Crippen molar-refractivity contribution in [2.45, 2.75) is 65.5 Å². The van der Waals surface area contributed by atoms with Gasteiger partial charge in [-0.1, -0.05) is 26.2 Å². The fraction of sp³-hybridized carbons (Fsp3) is 0.800. The third-order valence-corrected chi connectivity index (χ3v) is 4.60. The smallest absolute Gasteiger partial charge is 0.0657 e. The van der Waals surface area contributed by atoms with Crippen molar-refractivity contribution in [3.63, 3.8) is 0 Å². The summed E-state index contributed by atoms with van der Waals surface area (Å²) in [7, 11) is 0. The Balaban J connectivity index is 2.18. The molecule has 4 heteroatoms. The highest BCUT2D eigenvalue weighted by atomic mass is 15.3. The molecule has 0 radical (unpaired) electrons. The lowest BCUT2D eigenvalue weighted by Gasteiger charge is -2.34. The van der Waals surface area contributed by atoms with E-state index in [4.69, 9.17) is 5.84 Å². The Morgan fingerprint density at radius 2 is 2.26 bits per heavy atom. The fourth-order valence-corrected chi connectivity index (χ4v) is 3.54. The van der Waals surface area contributed by atoms with Gasteiger partial charge in [-0.15, -0.1) is 0 Å². The van der Waals surface area contributed by atoms with Gasteiger partial charge < -0.3 is 0 Å². The molecule has 1 aliphatic rings. The Morgan fingerprint density at radius 1 is 1.47 bits per heavy atom. The summed E-state index contributed by atoms with van der Waals surface area (Å²) < 4.78 is 2.09. The Labute approximate surface area is 116 Å². The normalized spacial score (nSPS) is 25.5. The average Bonchev–Trinajstić information content (AvgIpc) is 2.81. The molecule has 1 fully saturated rings. The van der Waals surface area contributed by atoms with Crippen LogP contribution in [0.4, 0.5) is 0 Å². The van der Waals surface area contributed by atoms with Crippen molar-refractivity contribution in [3.05, 3.63) is 17.5 Å². The van der Waals surface area contributed by atoms with Crippen LogP contribution in [0.2, 0.25) is 0 Å². The van der Waals surface area contributed by atoms with E-state index in [0.717, 1.165) is 18.2 Å². The van der Waals surface area contributed by atoms with Gasteiger partial charge in [0.2, 0.25) is 0 Å². The molecule has 4 nitrogen and oxygen atoms in total. The molecule has 3 N–H and O–H groups in total. The van der Waals surface area contributed by atoms with Crippen LogP contribution in [-0.2, 0) is 6.54 Å². The van der Waals surface area contributed by atoms with E-state index >= 15 is 0 Å². The number of aryl methyl sites for hydroxylation is 2. The summed E-state index contributed by atoms with van der Waals surface area (Å²) in [5.41, 5.74) is 5.40. The van der Waals surface area contributed by atoms with E-state index in [-0.39, 0.29) is 6.04 Å². The molecule has 0 aliphatic heterocycles. The summed E-state index contributed by atoms with van der Waals surface area (Å²) in [6.45, 7) is 7.40. The van der Waals surface area contributed by atoms with Crippen molar-refractivity contribution in [3.8, 4) is 0 Å². The summed E-state index contributed by atoms with van der Waals surface area (Å²) in [5, 5.41) is 4.55. The van der Waals surface area contributed by atoms with E-state index in [1.54, 1.807) is 0 Å². The van der Waals surface area contributed by atoms with Crippen molar-refractivity contribution in [2.75, 3.05) is 0 Å². The van der Waals surface area contributed by atoms with Crippen LogP contribution in [0, 0.1) is 18.8 Å². The largest absolute Gasteiger partial charge is 0.271 e. The van der Waals surface area contributed by atoms with Crippen molar-refractivity contribution in [1.29, 1.82) is 0 Å². The Kier molecular flexibility index (Phi) is 4.99. The van der Waals surface area contributed by atoms with Gasteiger partial charge in [0.05, 0.1) is 17.4 Å². The van der Waals surface area contributed by atoms with E-state index in [9.17, 15) is 0 Å². The quantitative estimate of drug-likeness (QED) is 0.635. The zero-order valence-corrected chi connectivity index (χ0v) is 12.5. The number of aromatic nitrogens is 2. The molecule has 1 aromatic rings. The zero-order valence-electron chi connectivity index (χ0n) is 12.5. The molecule has 0 saturated heterocycles. The molecule has 0 amide bonds. The van der Waals surface area contributed by atoms with Gasteiger partial charge in [0.15, 0.2) is 0 Å². The molecule has 108 valence electrons. The van der Waals surface area contributed by atoms with Crippen LogP contribution in [0.5, 0.6) is 0 Å². The number of rotatable bonds is 5. The number of hydrogen-bond donors (Lipinski definition) is 2.